The highest BCUT2D eigenvalue weighted by atomic mass is 32.2. The van der Waals surface area contributed by atoms with Crippen LogP contribution in [0.25, 0.3) is 6.08 Å². The molecule has 212 valence electrons. The Balaban J connectivity index is 1.26. The molecule has 0 aliphatic carbocycles. The van der Waals surface area contributed by atoms with Crippen LogP contribution in [0.15, 0.2) is 28.1 Å². The lowest BCUT2D eigenvalue weighted by molar-refractivity contribution is -0.113. The van der Waals surface area contributed by atoms with Gasteiger partial charge in [-0.1, -0.05) is 6.42 Å². The number of amides is 2. The van der Waals surface area contributed by atoms with E-state index in [1.807, 2.05) is 9.79 Å². The van der Waals surface area contributed by atoms with Crippen LogP contribution >= 0.6 is 19.1 Å². The molecular formula is C27H37FN5O4PS. The molecule has 0 bridgehead atoms. The van der Waals surface area contributed by atoms with Gasteiger partial charge in [0.25, 0.3) is 5.91 Å². The summed E-state index contributed by atoms with van der Waals surface area (Å²) in [4.78, 5) is 34.6. The molecule has 5 rings (SSSR count). The molecule has 9 nitrogen and oxygen atoms in total. The maximum absolute atomic E-state index is 14.2. The highest BCUT2D eigenvalue weighted by Gasteiger charge is 2.36. The summed E-state index contributed by atoms with van der Waals surface area (Å²) in [5, 5.41) is 2.32. The molecule has 1 aromatic rings. The Bertz CT molecular complexity index is 1210. The maximum atomic E-state index is 14.2. The molecule has 0 saturated carbocycles. The van der Waals surface area contributed by atoms with E-state index in [0.29, 0.717) is 47.9 Å². The van der Waals surface area contributed by atoms with Crippen LogP contribution in [0.3, 0.4) is 0 Å². The third kappa shape index (κ3) is 6.76. The lowest BCUT2D eigenvalue weighted by atomic mass is 10.0. The molecule has 0 unspecified atom stereocenters. The number of likely N-dealkylation sites (tertiary alicyclic amines) is 2. The Hall–Kier alpha value is -2.20. The van der Waals surface area contributed by atoms with E-state index in [4.69, 9.17) is 4.74 Å². The zero-order valence-electron chi connectivity index (χ0n) is 22.7. The molecule has 3 saturated heterocycles. The predicted molar refractivity (Wildman–Crippen MR) is 153 cm³/mol. The van der Waals surface area contributed by atoms with E-state index in [1.165, 1.54) is 49.2 Å². The zero-order chi connectivity index (χ0) is 27.6. The summed E-state index contributed by atoms with van der Waals surface area (Å²) in [5.74, 6) is -0.889. The van der Waals surface area contributed by atoms with Crippen LogP contribution in [0.4, 0.5) is 9.18 Å². The molecule has 4 aliphatic rings. The Morgan fingerprint density at radius 2 is 1.74 bits per heavy atom. The standard InChI is InChI=1S/C27H37FN5O4PS/c1-38(2,36)33-15-7-6-14-32(33)26-29-25(34)24(39-26)18-20-8-9-21(28)19-23(20)37-27(35)31-16-10-22(11-17-31)30-12-4-3-5-13-30/h8-9,18-19,22H,3-7,10-17H2,1-2H3/b24-18-. The minimum atomic E-state index is -2.58. The van der Waals surface area contributed by atoms with Gasteiger partial charge < -0.3 is 19.1 Å². The summed E-state index contributed by atoms with van der Waals surface area (Å²) in [6, 6.07) is 4.44. The maximum Gasteiger partial charge on any atom is 0.415 e. The fraction of sp³-hybridized carbons (Fsp3) is 0.593. The van der Waals surface area contributed by atoms with Crippen molar-refractivity contribution in [1.29, 1.82) is 0 Å². The van der Waals surface area contributed by atoms with Crippen molar-refractivity contribution < 1.29 is 23.3 Å². The molecule has 4 heterocycles. The van der Waals surface area contributed by atoms with Crippen LogP contribution in [0.1, 0.15) is 50.5 Å². The smallest absolute Gasteiger partial charge is 0.409 e. The van der Waals surface area contributed by atoms with E-state index < -0.39 is 25.1 Å². The van der Waals surface area contributed by atoms with Gasteiger partial charge in [-0.3, -0.25) is 9.80 Å². The van der Waals surface area contributed by atoms with Gasteiger partial charge in [-0.15, -0.1) is 0 Å². The third-order valence-corrected chi connectivity index (χ3v) is 10.3. The number of halogens is 1. The van der Waals surface area contributed by atoms with E-state index in [9.17, 15) is 18.5 Å². The Morgan fingerprint density at radius 3 is 2.46 bits per heavy atom. The third-order valence-electron chi connectivity index (χ3n) is 7.73. The number of rotatable bonds is 4. The van der Waals surface area contributed by atoms with Gasteiger partial charge in [-0.25, -0.2) is 9.18 Å². The van der Waals surface area contributed by atoms with Crippen molar-refractivity contribution in [2.45, 2.75) is 51.0 Å². The first-order chi connectivity index (χ1) is 18.7. The minimum Gasteiger partial charge on any atom is -0.409 e. The number of nitrogens with zero attached hydrogens (tertiary/aromatic N) is 5. The SMILES string of the molecule is CP(C)(=O)N1CCCCN1C1=NC(=O)/C(=C/c2ccc(F)cc2OC(=O)N2CCC(N3CCCCC3)CC2)S1. The van der Waals surface area contributed by atoms with Gasteiger partial charge in [0.2, 0.25) is 0 Å². The zero-order valence-corrected chi connectivity index (χ0v) is 24.4. The topological polar surface area (TPSA) is 85.8 Å². The van der Waals surface area contributed by atoms with Crippen molar-refractivity contribution in [3.8, 4) is 5.75 Å². The van der Waals surface area contributed by atoms with Gasteiger partial charge >= 0.3 is 6.09 Å². The second-order valence-electron chi connectivity index (χ2n) is 10.9. The molecule has 2 amide bonds. The molecule has 0 aromatic heterocycles. The largest absolute Gasteiger partial charge is 0.415 e. The van der Waals surface area contributed by atoms with Crippen molar-refractivity contribution in [1.82, 2.24) is 19.6 Å². The number of carbonyl (C=O) groups excluding carboxylic acids is 2. The van der Waals surface area contributed by atoms with Gasteiger partial charge in [0.15, 0.2) is 12.5 Å². The summed E-state index contributed by atoms with van der Waals surface area (Å²) in [6.07, 6.45) is 8.48. The summed E-state index contributed by atoms with van der Waals surface area (Å²) in [5.41, 5.74) is 0.424. The van der Waals surface area contributed by atoms with E-state index in [0.717, 1.165) is 38.8 Å². The van der Waals surface area contributed by atoms with Crippen LogP contribution in [-0.2, 0) is 9.36 Å². The molecule has 12 heteroatoms. The summed E-state index contributed by atoms with van der Waals surface area (Å²) >= 11 is 1.19. The molecular weight excluding hydrogens is 540 g/mol. The average Bonchev–Trinajstić information content (AvgIpc) is 3.30. The van der Waals surface area contributed by atoms with E-state index in [2.05, 4.69) is 9.89 Å². The van der Waals surface area contributed by atoms with Crippen LogP contribution in [0.5, 0.6) is 5.75 Å². The first kappa shape index (κ1) is 28.3. The number of benzene rings is 1. The van der Waals surface area contributed by atoms with E-state index >= 15 is 0 Å². The number of hydrogen-bond donors (Lipinski definition) is 0. The van der Waals surface area contributed by atoms with Gasteiger partial charge in [0.05, 0.1) is 4.91 Å². The lowest BCUT2D eigenvalue weighted by Gasteiger charge is -2.41. The second-order valence-corrected chi connectivity index (χ2v) is 15.0. The summed E-state index contributed by atoms with van der Waals surface area (Å²) in [7, 11) is -2.58. The first-order valence-corrected chi connectivity index (χ1v) is 17.2. The normalized spacial score (nSPS) is 23.4. The van der Waals surface area contributed by atoms with Crippen molar-refractivity contribution in [2.75, 3.05) is 52.6 Å². The number of piperidine rings is 2. The van der Waals surface area contributed by atoms with Crippen molar-refractivity contribution >= 4 is 42.3 Å². The van der Waals surface area contributed by atoms with E-state index in [-0.39, 0.29) is 5.75 Å². The number of aliphatic imine (C=N–C) groups is 1. The first-order valence-electron chi connectivity index (χ1n) is 13.8. The quantitative estimate of drug-likeness (QED) is 0.361. The Morgan fingerprint density at radius 1 is 1.05 bits per heavy atom. The number of amidine groups is 1. The number of thioether (sulfide) groups is 1. The highest BCUT2D eigenvalue weighted by molar-refractivity contribution is 8.18. The van der Waals surface area contributed by atoms with Crippen LogP contribution in [0, 0.1) is 5.82 Å². The number of carbonyl (C=O) groups is 2. The molecule has 4 aliphatic heterocycles. The Kier molecular flexibility index (Phi) is 8.81. The molecule has 1 aromatic carbocycles. The van der Waals surface area contributed by atoms with Gasteiger partial charge in [0.1, 0.15) is 11.6 Å². The fourth-order valence-corrected chi connectivity index (χ4v) is 7.98. The number of ether oxygens (including phenoxy) is 1. The van der Waals surface area contributed by atoms with E-state index in [1.54, 1.807) is 24.3 Å². The fourth-order valence-electron chi connectivity index (χ4n) is 5.67. The second kappa shape index (κ2) is 12.1. The van der Waals surface area contributed by atoms with Crippen molar-refractivity contribution in [3.05, 3.63) is 34.5 Å². The highest BCUT2D eigenvalue weighted by Crippen LogP contribution is 2.46. The Labute approximate surface area is 233 Å². The minimum absolute atomic E-state index is 0.0683. The van der Waals surface area contributed by atoms with Crippen LogP contribution in [0.2, 0.25) is 0 Å². The summed E-state index contributed by atoms with van der Waals surface area (Å²) < 4.78 is 34.5. The molecule has 39 heavy (non-hydrogen) atoms. The monoisotopic (exact) mass is 577 g/mol. The van der Waals surface area contributed by atoms with Gasteiger partial charge in [-0.2, -0.15) is 9.77 Å². The van der Waals surface area contributed by atoms with Crippen molar-refractivity contribution in [3.63, 3.8) is 0 Å². The molecule has 0 radical (unpaired) electrons. The molecule has 0 spiro atoms. The van der Waals surface area contributed by atoms with Crippen LogP contribution < -0.4 is 4.74 Å². The number of hydrogen-bond acceptors (Lipinski definition) is 7. The van der Waals surface area contributed by atoms with Crippen LogP contribution in [-0.4, -0.2) is 95.4 Å². The molecule has 3 fully saturated rings. The van der Waals surface area contributed by atoms with Gasteiger partial charge in [-0.05, 0) is 81.6 Å². The average molecular weight is 578 g/mol. The number of hydrazine groups is 1. The predicted octanol–water partition coefficient (Wildman–Crippen LogP) is 5.10. The molecule has 0 N–H and O–H groups in total. The lowest BCUT2D eigenvalue weighted by Crippen LogP contribution is -2.48. The van der Waals surface area contributed by atoms with Crippen molar-refractivity contribution in [2.24, 2.45) is 4.99 Å². The van der Waals surface area contributed by atoms with Gasteiger partial charge in [0, 0.05) is 57.2 Å². The summed E-state index contributed by atoms with van der Waals surface area (Å²) in [6.45, 7) is 8.15. The molecule has 0 atom stereocenters.